The number of nitrogens with two attached hydrogens (primary N) is 1. The lowest BCUT2D eigenvalue weighted by Gasteiger charge is -2.03. The summed E-state index contributed by atoms with van der Waals surface area (Å²) in [7, 11) is 1.32. The van der Waals surface area contributed by atoms with Crippen molar-refractivity contribution < 1.29 is 14.3 Å². The Morgan fingerprint density at radius 1 is 1.24 bits per heavy atom. The van der Waals surface area contributed by atoms with E-state index in [9.17, 15) is 9.59 Å². The van der Waals surface area contributed by atoms with Crippen molar-refractivity contribution in [1.82, 2.24) is 0 Å². The molecule has 0 aliphatic heterocycles. The van der Waals surface area contributed by atoms with Crippen LogP contribution in [0, 0.1) is 0 Å². The van der Waals surface area contributed by atoms with Crippen LogP contribution < -0.4 is 5.73 Å². The van der Waals surface area contributed by atoms with Crippen LogP contribution in [0.4, 0.5) is 0 Å². The van der Waals surface area contributed by atoms with Crippen LogP contribution >= 0.6 is 0 Å². The molecule has 17 heavy (non-hydrogen) atoms. The van der Waals surface area contributed by atoms with Gasteiger partial charge in [-0.2, -0.15) is 0 Å². The minimum absolute atomic E-state index is 0.0317. The topological polar surface area (TPSA) is 69.4 Å². The largest absolute Gasteiger partial charge is 0.465 e. The first kappa shape index (κ1) is 13.4. The molecule has 1 rings (SSSR count). The minimum atomic E-state index is -0.429. The van der Waals surface area contributed by atoms with Gasteiger partial charge in [-0.3, -0.25) is 4.79 Å². The molecule has 0 radical (unpaired) electrons. The number of carbonyl (C=O) groups excluding carboxylic acids is 2. The van der Waals surface area contributed by atoms with E-state index in [1.807, 2.05) is 0 Å². The van der Waals surface area contributed by atoms with Crippen molar-refractivity contribution in [3.63, 3.8) is 0 Å². The predicted octanol–water partition coefficient (Wildman–Crippen LogP) is 1.78. The first-order valence-corrected chi connectivity index (χ1v) is 5.60. The van der Waals surface area contributed by atoms with Crippen molar-refractivity contribution >= 4 is 11.8 Å². The molecular weight excluding hydrogens is 218 g/mol. The number of unbranched alkanes of at least 4 members (excludes halogenated alkanes) is 1. The van der Waals surface area contributed by atoms with Crippen LogP contribution in [0.5, 0.6) is 0 Å². The monoisotopic (exact) mass is 235 g/mol. The lowest BCUT2D eigenvalue weighted by atomic mass is 10.0. The molecule has 4 nitrogen and oxygen atoms in total. The van der Waals surface area contributed by atoms with E-state index in [0.29, 0.717) is 24.1 Å². The summed E-state index contributed by atoms with van der Waals surface area (Å²) in [4.78, 5) is 23.1. The van der Waals surface area contributed by atoms with Gasteiger partial charge in [-0.15, -0.1) is 0 Å². The summed E-state index contributed by atoms with van der Waals surface area (Å²) in [6.07, 6.45) is 2.07. The first-order chi connectivity index (χ1) is 8.19. The predicted molar refractivity (Wildman–Crippen MR) is 65.0 cm³/mol. The van der Waals surface area contributed by atoms with Crippen LogP contribution in [-0.4, -0.2) is 25.4 Å². The molecule has 0 amide bonds. The Morgan fingerprint density at radius 2 is 1.94 bits per heavy atom. The van der Waals surface area contributed by atoms with Gasteiger partial charge in [0.1, 0.15) is 0 Å². The van der Waals surface area contributed by atoms with E-state index in [0.717, 1.165) is 12.8 Å². The van der Waals surface area contributed by atoms with E-state index in [1.54, 1.807) is 24.3 Å². The van der Waals surface area contributed by atoms with Crippen molar-refractivity contribution in [3.05, 3.63) is 35.4 Å². The first-order valence-electron chi connectivity index (χ1n) is 5.60. The molecule has 92 valence electrons. The second-order valence-electron chi connectivity index (χ2n) is 3.74. The van der Waals surface area contributed by atoms with Gasteiger partial charge in [0.25, 0.3) is 0 Å². The zero-order chi connectivity index (χ0) is 12.7. The fraction of sp³-hybridized carbons (Fsp3) is 0.385. The molecule has 0 spiro atoms. The number of Topliss-reactive ketones (excluding diaryl/α,β-unsaturated/α-hetero) is 1. The van der Waals surface area contributed by atoms with Crippen molar-refractivity contribution in [2.75, 3.05) is 13.7 Å². The highest BCUT2D eigenvalue weighted by molar-refractivity contribution is 5.99. The van der Waals surface area contributed by atoms with Crippen LogP contribution in [0.2, 0.25) is 0 Å². The zero-order valence-electron chi connectivity index (χ0n) is 9.94. The van der Waals surface area contributed by atoms with E-state index < -0.39 is 5.97 Å². The highest BCUT2D eigenvalue weighted by Crippen LogP contribution is 2.10. The van der Waals surface area contributed by atoms with Gasteiger partial charge >= 0.3 is 5.97 Å². The van der Waals surface area contributed by atoms with Gasteiger partial charge in [-0.05, 0) is 31.5 Å². The number of ketones is 1. The standard InChI is InChI=1S/C13H17NO3/c1-17-13(16)11-6-4-5-10(9-11)12(15)7-2-3-8-14/h4-6,9H,2-3,7-8,14H2,1H3. The van der Waals surface area contributed by atoms with E-state index >= 15 is 0 Å². The van der Waals surface area contributed by atoms with Gasteiger partial charge in [0.2, 0.25) is 0 Å². The maximum absolute atomic E-state index is 11.8. The Balaban J connectivity index is 2.70. The molecular formula is C13H17NO3. The molecule has 0 fully saturated rings. The second-order valence-corrected chi connectivity index (χ2v) is 3.74. The summed E-state index contributed by atoms with van der Waals surface area (Å²) in [5, 5.41) is 0. The average molecular weight is 235 g/mol. The van der Waals surface area contributed by atoms with Crippen molar-refractivity contribution in [2.45, 2.75) is 19.3 Å². The van der Waals surface area contributed by atoms with Gasteiger partial charge in [0.05, 0.1) is 12.7 Å². The van der Waals surface area contributed by atoms with Crippen molar-refractivity contribution in [2.24, 2.45) is 5.73 Å². The molecule has 4 heteroatoms. The van der Waals surface area contributed by atoms with E-state index in [4.69, 9.17) is 5.73 Å². The molecule has 1 aromatic carbocycles. The molecule has 0 aliphatic rings. The van der Waals surface area contributed by atoms with Crippen LogP contribution in [0.25, 0.3) is 0 Å². The summed E-state index contributed by atoms with van der Waals surface area (Å²) < 4.78 is 4.60. The number of rotatable bonds is 6. The number of methoxy groups -OCH3 is 1. The minimum Gasteiger partial charge on any atom is -0.465 e. The van der Waals surface area contributed by atoms with Crippen LogP contribution in [0.15, 0.2) is 24.3 Å². The number of esters is 1. The smallest absolute Gasteiger partial charge is 0.337 e. The number of benzene rings is 1. The number of hydrogen-bond acceptors (Lipinski definition) is 4. The van der Waals surface area contributed by atoms with Gasteiger partial charge in [-0.1, -0.05) is 12.1 Å². The Labute approximate surface area is 101 Å². The third-order valence-electron chi connectivity index (χ3n) is 2.46. The normalized spacial score (nSPS) is 10.0. The van der Waals surface area contributed by atoms with Crippen molar-refractivity contribution in [1.29, 1.82) is 0 Å². The quantitative estimate of drug-likeness (QED) is 0.463. The third-order valence-corrected chi connectivity index (χ3v) is 2.46. The molecule has 0 aromatic heterocycles. The molecule has 1 aromatic rings. The van der Waals surface area contributed by atoms with Gasteiger partial charge in [0, 0.05) is 12.0 Å². The van der Waals surface area contributed by atoms with Gasteiger partial charge in [0.15, 0.2) is 5.78 Å². The average Bonchev–Trinajstić information content (AvgIpc) is 2.38. The van der Waals surface area contributed by atoms with Crippen molar-refractivity contribution in [3.8, 4) is 0 Å². The van der Waals surface area contributed by atoms with Crippen LogP contribution in [0.3, 0.4) is 0 Å². The Kier molecular flexibility index (Phi) is 5.36. The summed E-state index contributed by atoms with van der Waals surface area (Å²) in [6.45, 7) is 0.593. The summed E-state index contributed by atoms with van der Waals surface area (Å²) in [5.41, 5.74) is 6.31. The zero-order valence-corrected chi connectivity index (χ0v) is 9.94. The Bertz CT molecular complexity index is 401. The number of hydrogen-bond donors (Lipinski definition) is 1. The molecule has 0 bridgehead atoms. The Morgan fingerprint density at radius 3 is 2.59 bits per heavy atom. The molecule has 0 saturated heterocycles. The van der Waals surface area contributed by atoms with E-state index in [1.165, 1.54) is 7.11 Å². The third kappa shape index (κ3) is 4.00. The van der Waals surface area contributed by atoms with E-state index in [2.05, 4.69) is 4.74 Å². The SMILES string of the molecule is COC(=O)c1cccc(C(=O)CCCCN)c1. The maximum atomic E-state index is 11.8. The molecule has 0 heterocycles. The highest BCUT2D eigenvalue weighted by atomic mass is 16.5. The van der Waals surface area contributed by atoms with E-state index in [-0.39, 0.29) is 5.78 Å². The van der Waals surface area contributed by atoms with Crippen LogP contribution in [-0.2, 0) is 4.74 Å². The van der Waals surface area contributed by atoms with Gasteiger partial charge < -0.3 is 10.5 Å². The molecule has 0 unspecified atom stereocenters. The highest BCUT2D eigenvalue weighted by Gasteiger charge is 2.10. The molecule has 0 atom stereocenters. The summed E-state index contributed by atoms with van der Waals surface area (Å²) in [6, 6.07) is 6.58. The molecule has 0 saturated carbocycles. The van der Waals surface area contributed by atoms with Gasteiger partial charge in [-0.25, -0.2) is 4.79 Å². The lowest BCUT2D eigenvalue weighted by Crippen LogP contribution is -2.06. The molecule has 0 aliphatic carbocycles. The number of ether oxygens (including phenoxy) is 1. The maximum Gasteiger partial charge on any atom is 0.337 e. The fourth-order valence-electron chi connectivity index (χ4n) is 1.51. The molecule has 2 N–H and O–H groups in total. The van der Waals surface area contributed by atoms with Crippen LogP contribution in [0.1, 0.15) is 40.0 Å². The second kappa shape index (κ2) is 6.81. The Hall–Kier alpha value is -1.68. The summed E-state index contributed by atoms with van der Waals surface area (Å²) >= 11 is 0. The fourth-order valence-corrected chi connectivity index (χ4v) is 1.51. The summed E-state index contributed by atoms with van der Waals surface area (Å²) in [5.74, 6) is -0.397. The lowest BCUT2D eigenvalue weighted by molar-refractivity contribution is 0.0600. The number of carbonyl (C=O) groups is 2.